The first-order valence-corrected chi connectivity index (χ1v) is 7.90. The second kappa shape index (κ2) is 8.08. The highest BCUT2D eigenvalue weighted by molar-refractivity contribution is 5.94. The number of aromatic nitrogens is 5. The van der Waals surface area contributed by atoms with Crippen LogP contribution in [-0.4, -0.2) is 42.1 Å². The Morgan fingerprint density at radius 1 is 1.37 bits per heavy atom. The minimum Gasteiger partial charge on any atom is -0.485 e. The fourth-order valence-corrected chi connectivity index (χ4v) is 2.18. The zero-order valence-electron chi connectivity index (χ0n) is 14.3. The summed E-state index contributed by atoms with van der Waals surface area (Å²) < 4.78 is 11.6. The van der Waals surface area contributed by atoms with E-state index in [0.717, 1.165) is 0 Å². The molecule has 1 amide bonds. The van der Waals surface area contributed by atoms with Crippen LogP contribution in [0.2, 0.25) is 0 Å². The van der Waals surface area contributed by atoms with Gasteiger partial charge in [0.2, 0.25) is 11.7 Å². The number of aryl methyl sites for hydroxylation is 1. The van der Waals surface area contributed by atoms with Gasteiger partial charge in [0.1, 0.15) is 18.0 Å². The van der Waals surface area contributed by atoms with Gasteiger partial charge in [-0.1, -0.05) is 16.4 Å². The molecule has 0 aliphatic rings. The lowest BCUT2D eigenvalue weighted by atomic mass is 10.2. The number of carbonyl (C=O) groups excluding carboxylic acids is 1. The summed E-state index contributed by atoms with van der Waals surface area (Å²) >= 11 is 0. The molecule has 0 radical (unpaired) electrons. The van der Waals surface area contributed by atoms with Crippen molar-refractivity contribution >= 4 is 11.9 Å². The number of hydrogen-bond acceptors (Lipinski definition) is 8. The molecule has 27 heavy (non-hydrogen) atoms. The molecule has 2 N–H and O–H groups in total. The van der Waals surface area contributed by atoms with E-state index in [0.29, 0.717) is 28.7 Å². The van der Waals surface area contributed by atoms with Crippen LogP contribution in [0.15, 0.2) is 35.0 Å². The van der Waals surface area contributed by atoms with E-state index in [-0.39, 0.29) is 25.6 Å². The van der Waals surface area contributed by atoms with E-state index in [1.165, 1.54) is 10.9 Å². The normalized spacial score (nSPS) is 10.6. The lowest BCUT2D eigenvalue weighted by Gasteiger charge is -2.06. The molecule has 3 aromatic rings. The molecule has 0 spiro atoms. The summed E-state index contributed by atoms with van der Waals surface area (Å²) in [6, 6.07) is 6.63. The van der Waals surface area contributed by atoms with Gasteiger partial charge in [-0.25, -0.2) is 4.68 Å². The van der Waals surface area contributed by atoms with E-state index < -0.39 is 5.97 Å². The Morgan fingerprint density at radius 2 is 2.22 bits per heavy atom. The standard InChI is InChI=1S/C16H16N6O5/c1-10-18-14(20-27-10)9-26-13-4-2-3-11(5-13)16(25)17-6-12-7-22(21-19-12)8-15(23)24/h2-5,7H,6,8-9H2,1H3,(H,17,25)(H,23,24). The van der Waals surface area contributed by atoms with Gasteiger partial charge in [-0.2, -0.15) is 4.98 Å². The third-order valence-corrected chi connectivity index (χ3v) is 3.35. The molecule has 0 saturated heterocycles. The number of benzene rings is 1. The van der Waals surface area contributed by atoms with Gasteiger partial charge < -0.3 is 19.7 Å². The number of amides is 1. The van der Waals surface area contributed by atoms with E-state index in [2.05, 4.69) is 25.8 Å². The van der Waals surface area contributed by atoms with Crippen molar-refractivity contribution in [3.8, 4) is 5.75 Å². The maximum atomic E-state index is 12.3. The highest BCUT2D eigenvalue weighted by Crippen LogP contribution is 2.15. The number of nitrogens with one attached hydrogen (secondary N) is 1. The van der Waals surface area contributed by atoms with Crippen LogP contribution in [0.4, 0.5) is 0 Å². The van der Waals surface area contributed by atoms with Crippen LogP contribution in [0.3, 0.4) is 0 Å². The molecule has 0 atom stereocenters. The molecule has 2 heterocycles. The zero-order valence-corrected chi connectivity index (χ0v) is 14.3. The maximum Gasteiger partial charge on any atom is 0.325 e. The van der Waals surface area contributed by atoms with Gasteiger partial charge in [-0.15, -0.1) is 5.10 Å². The fraction of sp³-hybridized carbons (Fsp3) is 0.250. The molecule has 0 fully saturated rings. The Hall–Kier alpha value is -3.76. The zero-order chi connectivity index (χ0) is 19.2. The molecule has 0 aliphatic carbocycles. The third-order valence-electron chi connectivity index (χ3n) is 3.35. The molecule has 140 valence electrons. The number of carboxylic acid groups (broad SMARTS) is 1. The van der Waals surface area contributed by atoms with Crippen molar-refractivity contribution in [1.82, 2.24) is 30.5 Å². The summed E-state index contributed by atoms with van der Waals surface area (Å²) in [5.41, 5.74) is 0.846. The summed E-state index contributed by atoms with van der Waals surface area (Å²) in [6.45, 7) is 1.63. The highest BCUT2D eigenvalue weighted by atomic mass is 16.5. The van der Waals surface area contributed by atoms with Crippen LogP contribution >= 0.6 is 0 Å². The fourth-order valence-electron chi connectivity index (χ4n) is 2.18. The lowest BCUT2D eigenvalue weighted by molar-refractivity contribution is -0.137. The van der Waals surface area contributed by atoms with Crippen molar-refractivity contribution < 1.29 is 24.0 Å². The smallest absolute Gasteiger partial charge is 0.325 e. The summed E-state index contributed by atoms with van der Waals surface area (Å²) in [4.78, 5) is 26.9. The molecule has 0 unspecified atom stereocenters. The molecular weight excluding hydrogens is 356 g/mol. The van der Waals surface area contributed by atoms with Gasteiger partial charge in [0.05, 0.1) is 12.7 Å². The Bertz CT molecular complexity index is 950. The van der Waals surface area contributed by atoms with Gasteiger partial charge in [-0.05, 0) is 18.2 Å². The molecule has 11 nitrogen and oxygen atoms in total. The molecule has 0 saturated carbocycles. The molecule has 1 aromatic carbocycles. The highest BCUT2D eigenvalue weighted by Gasteiger charge is 2.10. The molecule has 2 aromatic heterocycles. The average molecular weight is 372 g/mol. The van der Waals surface area contributed by atoms with Crippen LogP contribution in [0.1, 0.15) is 27.8 Å². The molecular formula is C16H16N6O5. The minimum absolute atomic E-state index is 0.117. The van der Waals surface area contributed by atoms with Crippen LogP contribution in [0, 0.1) is 6.92 Å². The van der Waals surface area contributed by atoms with Gasteiger partial charge >= 0.3 is 5.97 Å². The third kappa shape index (κ3) is 5.11. The van der Waals surface area contributed by atoms with Crippen LogP contribution < -0.4 is 10.1 Å². The number of nitrogens with zero attached hydrogens (tertiary/aromatic N) is 5. The first-order valence-electron chi connectivity index (χ1n) is 7.90. The molecule has 11 heteroatoms. The average Bonchev–Trinajstić information content (AvgIpc) is 3.26. The predicted octanol–water partition coefficient (Wildman–Crippen LogP) is 0.563. The topological polar surface area (TPSA) is 145 Å². The lowest BCUT2D eigenvalue weighted by Crippen LogP contribution is -2.23. The van der Waals surface area contributed by atoms with Gasteiger partial charge in [0, 0.05) is 12.5 Å². The summed E-state index contributed by atoms with van der Waals surface area (Å²) in [5, 5.41) is 22.6. The Balaban J connectivity index is 1.55. The summed E-state index contributed by atoms with van der Waals surface area (Å²) in [6.07, 6.45) is 1.46. The number of aliphatic carboxylic acids is 1. The van der Waals surface area contributed by atoms with Crippen LogP contribution in [0.5, 0.6) is 5.75 Å². The van der Waals surface area contributed by atoms with Gasteiger partial charge in [0.25, 0.3) is 5.91 Å². The van der Waals surface area contributed by atoms with E-state index in [1.807, 2.05) is 0 Å². The van der Waals surface area contributed by atoms with Crippen LogP contribution in [-0.2, 0) is 24.5 Å². The van der Waals surface area contributed by atoms with Crippen molar-refractivity contribution in [2.24, 2.45) is 0 Å². The molecule has 3 rings (SSSR count). The van der Waals surface area contributed by atoms with Gasteiger partial charge in [0.15, 0.2) is 6.61 Å². The quantitative estimate of drug-likeness (QED) is 0.579. The van der Waals surface area contributed by atoms with Crippen molar-refractivity contribution in [2.45, 2.75) is 26.6 Å². The monoisotopic (exact) mass is 372 g/mol. The number of carbonyl (C=O) groups is 2. The van der Waals surface area contributed by atoms with E-state index in [9.17, 15) is 9.59 Å². The second-order valence-electron chi connectivity index (χ2n) is 5.53. The number of hydrogen-bond donors (Lipinski definition) is 2. The predicted molar refractivity (Wildman–Crippen MR) is 88.6 cm³/mol. The van der Waals surface area contributed by atoms with Gasteiger partial charge in [-0.3, -0.25) is 9.59 Å². The number of ether oxygens (including phenoxy) is 1. The Labute approximate surface area is 152 Å². The van der Waals surface area contributed by atoms with E-state index in [4.69, 9.17) is 14.4 Å². The van der Waals surface area contributed by atoms with Crippen molar-refractivity contribution in [2.75, 3.05) is 0 Å². The summed E-state index contributed by atoms with van der Waals surface area (Å²) in [7, 11) is 0. The maximum absolute atomic E-state index is 12.3. The largest absolute Gasteiger partial charge is 0.485 e. The molecule has 0 aliphatic heterocycles. The van der Waals surface area contributed by atoms with Crippen molar-refractivity contribution in [3.05, 3.63) is 53.4 Å². The molecule has 0 bridgehead atoms. The first-order chi connectivity index (χ1) is 13.0. The number of rotatable bonds is 8. The van der Waals surface area contributed by atoms with Crippen molar-refractivity contribution in [1.29, 1.82) is 0 Å². The Morgan fingerprint density at radius 3 is 2.96 bits per heavy atom. The second-order valence-corrected chi connectivity index (χ2v) is 5.53. The van der Waals surface area contributed by atoms with Crippen molar-refractivity contribution in [3.63, 3.8) is 0 Å². The SMILES string of the molecule is Cc1nc(COc2cccc(C(=O)NCc3cn(CC(=O)O)nn3)c2)no1. The number of carboxylic acids is 1. The Kier molecular flexibility index (Phi) is 5.40. The summed E-state index contributed by atoms with van der Waals surface area (Å²) in [5.74, 6) is -0.0155. The van der Waals surface area contributed by atoms with E-state index in [1.54, 1.807) is 31.2 Å². The van der Waals surface area contributed by atoms with E-state index >= 15 is 0 Å². The first kappa shape index (κ1) is 18.0. The van der Waals surface area contributed by atoms with Crippen LogP contribution in [0.25, 0.3) is 0 Å². The minimum atomic E-state index is -1.02.